The van der Waals surface area contributed by atoms with Gasteiger partial charge in [-0.15, -0.1) is 0 Å². The van der Waals surface area contributed by atoms with Gasteiger partial charge in [-0.3, -0.25) is 0 Å². The van der Waals surface area contributed by atoms with Crippen LogP contribution in [0.5, 0.6) is 0 Å². The molecule has 0 spiro atoms. The number of hydrogen-bond acceptors (Lipinski definition) is 1. The monoisotopic (exact) mass is 229 g/mol. The topological polar surface area (TPSA) is 26.0 Å². The average Bonchev–Trinajstić information content (AvgIpc) is 2.30. The van der Waals surface area contributed by atoms with Crippen molar-refractivity contribution in [2.75, 3.05) is 5.73 Å². The third kappa shape index (κ3) is 2.03. The lowest BCUT2D eigenvalue weighted by Gasteiger charge is -2.12. The summed E-state index contributed by atoms with van der Waals surface area (Å²) in [6, 6.07) is 8.65. The van der Waals surface area contributed by atoms with Gasteiger partial charge in [-0.2, -0.15) is 0 Å². The normalized spacial score (nSPS) is 10.6. The average molecular weight is 229 g/mol. The first-order chi connectivity index (χ1) is 8.00. The summed E-state index contributed by atoms with van der Waals surface area (Å²) in [5.74, 6) is -0.231. The Kier molecular flexibility index (Phi) is 2.88. The van der Waals surface area contributed by atoms with Crippen LogP contribution in [0, 0.1) is 26.6 Å². The van der Waals surface area contributed by atoms with E-state index in [9.17, 15) is 4.39 Å². The maximum absolute atomic E-state index is 13.8. The van der Waals surface area contributed by atoms with E-state index in [1.807, 2.05) is 19.1 Å². The first-order valence-corrected chi connectivity index (χ1v) is 5.63. The summed E-state index contributed by atoms with van der Waals surface area (Å²) in [6.45, 7) is 6.13. The van der Waals surface area contributed by atoms with Gasteiger partial charge in [0.15, 0.2) is 0 Å². The number of hydrogen-bond donors (Lipinski definition) is 1. The predicted molar refractivity (Wildman–Crippen MR) is 70.5 cm³/mol. The Morgan fingerprint density at radius 1 is 0.882 bits per heavy atom. The quantitative estimate of drug-likeness (QED) is 0.735. The summed E-state index contributed by atoms with van der Waals surface area (Å²) in [4.78, 5) is 0. The molecule has 2 aromatic rings. The predicted octanol–water partition coefficient (Wildman–Crippen LogP) is 4.00. The Bertz CT molecular complexity index is 573. The highest BCUT2D eigenvalue weighted by Gasteiger charge is 2.10. The van der Waals surface area contributed by atoms with Crippen LogP contribution in [-0.2, 0) is 0 Å². The van der Waals surface area contributed by atoms with Crippen molar-refractivity contribution >= 4 is 5.69 Å². The maximum Gasteiger partial charge on any atom is 0.131 e. The van der Waals surface area contributed by atoms with E-state index in [0.29, 0.717) is 11.3 Å². The van der Waals surface area contributed by atoms with Crippen molar-refractivity contribution in [2.45, 2.75) is 20.8 Å². The van der Waals surface area contributed by atoms with Gasteiger partial charge in [0.2, 0.25) is 0 Å². The van der Waals surface area contributed by atoms with E-state index in [1.54, 1.807) is 12.1 Å². The summed E-state index contributed by atoms with van der Waals surface area (Å²) in [5.41, 5.74) is 11.3. The van der Waals surface area contributed by atoms with Crippen molar-refractivity contribution in [1.29, 1.82) is 0 Å². The molecule has 0 heterocycles. The van der Waals surface area contributed by atoms with E-state index in [2.05, 4.69) is 13.8 Å². The van der Waals surface area contributed by atoms with Crippen LogP contribution in [0.3, 0.4) is 0 Å². The lowest BCUT2D eigenvalue weighted by Crippen LogP contribution is -1.94. The fraction of sp³-hybridized carbons (Fsp3) is 0.200. The zero-order valence-electron chi connectivity index (χ0n) is 10.3. The maximum atomic E-state index is 13.8. The SMILES string of the molecule is Cc1ccc(-c2cc(N)ccc2F)c(C)c1C. The van der Waals surface area contributed by atoms with Gasteiger partial charge in [-0.25, -0.2) is 4.39 Å². The zero-order chi connectivity index (χ0) is 12.6. The Balaban J connectivity index is 2.69. The van der Waals surface area contributed by atoms with Crippen LogP contribution in [0.25, 0.3) is 11.1 Å². The van der Waals surface area contributed by atoms with Crippen LogP contribution in [0.4, 0.5) is 10.1 Å². The van der Waals surface area contributed by atoms with E-state index in [1.165, 1.54) is 17.2 Å². The van der Waals surface area contributed by atoms with Crippen LogP contribution in [0.15, 0.2) is 30.3 Å². The molecule has 88 valence electrons. The zero-order valence-corrected chi connectivity index (χ0v) is 10.3. The minimum atomic E-state index is -0.231. The van der Waals surface area contributed by atoms with Gasteiger partial charge in [0.25, 0.3) is 0 Å². The van der Waals surface area contributed by atoms with E-state index in [0.717, 1.165) is 11.1 Å². The van der Waals surface area contributed by atoms with Gasteiger partial charge in [0.1, 0.15) is 5.82 Å². The van der Waals surface area contributed by atoms with Gasteiger partial charge in [-0.1, -0.05) is 12.1 Å². The van der Waals surface area contributed by atoms with Crippen molar-refractivity contribution in [2.24, 2.45) is 0 Å². The van der Waals surface area contributed by atoms with Crippen LogP contribution in [-0.4, -0.2) is 0 Å². The Labute approximate surface area is 101 Å². The Hall–Kier alpha value is -1.83. The first kappa shape index (κ1) is 11.6. The summed E-state index contributed by atoms with van der Waals surface area (Å²) in [7, 11) is 0. The molecule has 0 atom stereocenters. The van der Waals surface area contributed by atoms with Crippen LogP contribution in [0.1, 0.15) is 16.7 Å². The molecule has 0 bridgehead atoms. The third-order valence-electron chi connectivity index (χ3n) is 3.34. The molecule has 0 saturated carbocycles. The number of aryl methyl sites for hydroxylation is 1. The largest absolute Gasteiger partial charge is 0.399 e. The lowest BCUT2D eigenvalue weighted by molar-refractivity contribution is 0.631. The third-order valence-corrected chi connectivity index (χ3v) is 3.34. The highest BCUT2D eigenvalue weighted by Crippen LogP contribution is 2.30. The second-order valence-electron chi connectivity index (χ2n) is 4.42. The number of nitrogen functional groups attached to an aromatic ring is 1. The molecule has 0 radical (unpaired) electrons. The molecule has 2 rings (SSSR count). The second kappa shape index (κ2) is 4.21. The minimum Gasteiger partial charge on any atom is -0.399 e. The molecule has 2 heteroatoms. The molecular formula is C15H16FN. The molecule has 1 nitrogen and oxygen atoms in total. The summed E-state index contributed by atoms with van der Waals surface area (Å²) in [5, 5.41) is 0. The van der Waals surface area contributed by atoms with Gasteiger partial charge in [0, 0.05) is 11.3 Å². The van der Waals surface area contributed by atoms with Crippen molar-refractivity contribution < 1.29 is 4.39 Å². The van der Waals surface area contributed by atoms with E-state index < -0.39 is 0 Å². The Morgan fingerprint density at radius 3 is 2.29 bits per heavy atom. The van der Waals surface area contributed by atoms with Crippen LogP contribution < -0.4 is 5.73 Å². The molecule has 0 aliphatic heterocycles. The molecule has 0 aliphatic carbocycles. The molecule has 2 aromatic carbocycles. The second-order valence-corrected chi connectivity index (χ2v) is 4.42. The number of benzene rings is 2. The molecule has 0 unspecified atom stereocenters. The molecule has 2 N–H and O–H groups in total. The summed E-state index contributed by atoms with van der Waals surface area (Å²) in [6.07, 6.45) is 0. The lowest BCUT2D eigenvalue weighted by atomic mass is 9.93. The van der Waals surface area contributed by atoms with Crippen molar-refractivity contribution in [1.82, 2.24) is 0 Å². The van der Waals surface area contributed by atoms with Gasteiger partial charge in [-0.05, 0) is 61.2 Å². The number of rotatable bonds is 1. The fourth-order valence-corrected chi connectivity index (χ4v) is 2.00. The molecular weight excluding hydrogens is 213 g/mol. The smallest absolute Gasteiger partial charge is 0.131 e. The number of nitrogens with two attached hydrogens (primary N) is 1. The van der Waals surface area contributed by atoms with Crippen LogP contribution in [0.2, 0.25) is 0 Å². The van der Waals surface area contributed by atoms with E-state index >= 15 is 0 Å². The first-order valence-electron chi connectivity index (χ1n) is 5.63. The van der Waals surface area contributed by atoms with Gasteiger partial charge >= 0.3 is 0 Å². The van der Waals surface area contributed by atoms with Gasteiger partial charge < -0.3 is 5.73 Å². The molecule has 0 fully saturated rings. The van der Waals surface area contributed by atoms with Crippen molar-refractivity contribution in [3.8, 4) is 11.1 Å². The fourth-order valence-electron chi connectivity index (χ4n) is 2.00. The highest BCUT2D eigenvalue weighted by molar-refractivity contribution is 5.72. The summed E-state index contributed by atoms with van der Waals surface area (Å²) >= 11 is 0. The highest BCUT2D eigenvalue weighted by atomic mass is 19.1. The van der Waals surface area contributed by atoms with E-state index in [4.69, 9.17) is 5.73 Å². The molecule has 0 aliphatic rings. The van der Waals surface area contributed by atoms with Gasteiger partial charge in [0.05, 0.1) is 0 Å². The summed E-state index contributed by atoms with van der Waals surface area (Å²) < 4.78 is 13.8. The molecule has 0 saturated heterocycles. The van der Waals surface area contributed by atoms with Crippen molar-refractivity contribution in [3.05, 3.63) is 52.8 Å². The molecule has 0 aromatic heterocycles. The minimum absolute atomic E-state index is 0.231. The molecule has 0 amide bonds. The van der Waals surface area contributed by atoms with Crippen molar-refractivity contribution in [3.63, 3.8) is 0 Å². The standard InChI is InChI=1S/C15H16FN/c1-9-4-6-13(11(3)10(9)2)14-8-12(17)5-7-15(14)16/h4-8H,17H2,1-3H3. The molecule has 17 heavy (non-hydrogen) atoms. The Morgan fingerprint density at radius 2 is 1.59 bits per heavy atom. The van der Waals surface area contributed by atoms with Crippen LogP contribution >= 0.6 is 0 Å². The number of anilines is 1. The van der Waals surface area contributed by atoms with E-state index in [-0.39, 0.29) is 5.82 Å². The number of halogens is 1.